The number of amides is 2. The first kappa shape index (κ1) is 29.5. The van der Waals surface area contributed by atoms with Crippen molar-refractivity contribution in [1.29, 1.82) is 0 Å². The molecule has 0 unspecified atom stereocenters. The number of hydrogen-bond donors (Lipinski definition) is 2. The Balaban J connectivity index is 1.48. The quantitative estimate of drug-likeness (QED) is 0.115. The molecule has 4 aromatic rings. The Kier molecular flexibility index (Phi) is 10.2. The molecule has 0 radical (unpaired) electrons. The summed E-state index contributed by atoms with van der Waals surface area (Å²) in [7, 11) is 3.05. The number of ketones is 1. The van der Waals surface area contributed by atoms with Gasteiger partial charge in [0.25, 0.3) is 11.8 Å². The second-order valence-electron chi connectivity index (χ2n) is 8.66. The van der Waals surface area contributed by atoms with Gasteiger partial charge in [0.15, 0.2) is 17.3 Å². The van der Waals surface area contributed by atoms with E-state index in [2.05, 4.69) is 10.6 Å². The average Bonchev–Trinajstić information content (AvgIpc) is 3.00. The fourth-order valence-electron chi connectivity index (χ4n) is 3.79. The van der Waals surface area contributed by atoms with Crippen LogP contribution in [0.5, 0.6) is 11.5 Å². The largest absolute Gasteiger partial charge is 0.493 e. The summed E-state index contributed by atoms with van der Waals surface area (Å²) in [5.74, 6) is 0.155. The summed E-state index contributed by atoms with van der Waals surface area (Å²) in [6, 6.07) is 27.8. The zero-order valence-corrected chi connectivity index (χ0v) is 23.9. The van der Waals surface area contributed by atoms with E-state index in [4.69, 9.17) is 21.1 Å². The molecule has 4 rings (SSSR count). The van der Waals surface area contributed by atoms with E-state index in [1.807, 2.05) is 6.07 Å². The predicted molar refractivity (Wildman–Crippen MR) is 163 cm³/mol. The Labute approximate surface area is 247 Å². The third-order valence-corrected chi connectivity index (χ3v) is 7.24. The molecule has 0 aliphatic carbocycles. The van der Waals surface area contributed by atoms with Crippen molar-refractivity contribution in [3.8, 4) is 11.5 Å². The molecular weight excluding hydrogens is 560 g/mol. The number of thioether (sulfide) groups is 1. The van der Waals surface area contributed by atoms with Gasteiger partial charge >= 0.3 is 0 Å². The lowest BCUT2D eigenvalue weighted by Crippen LogP contribution is -2.30. The maximum Gasteiger partial charge on any atom is 0.272 e. The molecule has 0 aromatic heterocycles. The van der Waals surface area contributed by atoms with Gasteiger partial charge in [0, 0.05) is 26.7 Å². The number of hydrogen-bond acceptors (Lipinski definition) is 6. The van der Waals surface area contributed by atoms with Crippen LogP contribution in [0.4, 0.5) is 5.69 Å². The van der Waals surface area contributed by atoms with Crippen molar-refractivity contribution < 1.29 is 23.9 Å². The number of ether oxygens (including phenoxy) is 2. The second-order valence-corrected chi connectivity index (χ2v) is 10.1. The predicted octanol–water partition coefficient (Wildman–Crippen LogP) is 6.74. The molecule has 0 aliphatic heterocycles. The molecule has 0 spiro atoms. The van der Waals surface area contributed by atoms with Crippen molar-refractivity contribution in [3.63, 3.8) is 0 Å². The third-order valence-electron chi connectivity index (χ3n) is 5.90. The number of Topliss-reactive ketones (excluding diaryl/α,β-unsaturated/α-hetero) is 1. The van der Waals surface area contributed by atoms with Gasteiger partial charge in [-0.1, -0.05) is 54.1 Å². The Hall–Kier alpha value is -4.53. The van der Waals surface area contributed by atoms with Crippen LogP contribution in [0, 0.1) is 0 Å². The first-order valence-corrected chi connectivity index (χ1v) is 13.9. The summed E-state index contributed by atoms with van der Waals surface area (Å²) in [5.41, 5.74) is 2.00. The average molecular weight is 587 g/mol. The van der Waals surface area contributed by atoms with Gasteiger partial charge in [-0.3, -0.25) is 14.4 Å². The van der Waals surface area contributed by atoms with Crippen LogP contribution in [0.25, 0.3) is 6.08 Å². The van der Waals surface area contributed by atoms with Crippen molar-refractivity contribution in [3.05, 3.63) is 124 Å². The van der Waals surface area contributed by atoms with Gasteiger partial charge in [-0.05, 0) is 66.2 Å². The van der Waals surface area contributed by atoms with E-state index in [9.17, 15) is 14.4 Å². The van der Waals surface area contributed by atoms with E-state index in [1.54, 1.807) is 91.0 Å². The molecule has 9 heteroatoms. The molecule has 0 heterocycles. The summed E-state index contributed by atoms with van der Waals surface area (Å²) < 4.78 is 10.5. The highest BCUT2D eigenvalue weighted by Crippen LogP contribution is 2.29. The maximum absolute atomic E-state index is 13.3. The highest BCUT2D eigenvalue weighted by molar-refractivity contribution is 8.00. The van der Waals surface area contributed by atoms with Crippen LogP contribution < -0.4 is 20.1 Å². The van der Waals surface area contributed by atoms with Crippen LogP contribution in [0.2, 0.25) is 5.02 Å². The molecule has 0 aliphatic rings. The van der Waals surface area contributed by atoms with Crippen molar-refractivity contribution >= 4 is 52.7 Å². The molecule has 0 atom stereocenters. The first-order chi connectivity index (χ1) is 19.9. The standard InChI is InChI=1S/C32H27ClN2O5S/c1-39-29-16-15-23(18-30(29)40-2)28(36)20-41-25-13-8-12-24(19-25)34-32(38)27(17-22-11-6-7-14-26(22)33)35-31(37)21-9-4-3-5-10-21/h3-19H,20H2,1-2H3,(H,34,38)(H,35,37)/b27-17-. The molecule has 2 amide bonds. The van der Waals surface area contributed by atoms with Crippen LogP contribution in [0.3, 0.4) is 0 Å². The van der Waals surface area contributed by atoms with Crippen molar-refractivity contribution in [2.75, 3.05) is 25.3 Å². The van der Waals surface area contributed by atoms with Gasteiger partial charge in [-0.25, -0.2) is 0 Å². The van der Waals surface area contributed by atoms with E-state index in [-0.39, 0.29) is 17.2 Å². The minimum atomic E-state index is -0.530. The topological polar surface area (TPSA) is 93.7 Å². The fourth-order valence-corrected chi connectivity index (χ4v) is 4.83. The highest BCUT2D eigenvalue weighted by Gasteiger charge is 2.16. The van der Waals surface area contributed by atoms with Crippen LogP contribution in [-0.2, 0) is 4.79 Å². The van der Waals surface area contributed by atoms with E-state index in [1.165, 1.54) is 32.1 Å². The van der Waals surface area contributed by atoms with Gasteiger partial charge in [-0.15, -0.1) is 11.8 Å². The van der Waals surface area contributed by atoms with Crippen LogP contribution in [-0.4, -0.2) is 37.6 Å². The van der Waals surface area contributed by atoms with E-state index < -0.39 is 11.8 Å². The molecule has 2 N–H and O–H groups in total. The molecule has 41 heavy (non-hydrogen) atoms. The van der Waals surface area contributed by atoms with Crippen molar-refractivity contribution in [2.45, 2.75) is 4.90 Å². The Bertz CT molecular complexity index is 1590. The summed E-state index contributed by atoms with van der Waals surface area (Å²) in [4.78, 5) is 39.8. The number of nitrogens with one attached hydrogen (secondary N) is 2. The smallest absolute Gasteiger partial charge is 0.272 e. The molecule has 7 nitrogen and oxygen atoms in total. The normalized spacial score (nSPS) is 11.0. The minimum absolute atomic E-state index is 0.0219. The van der Waals surface area contributed by atoms with Crippen molar-refractivity contribution in [1.82, 2.24) is 5.32 Å². The summed E-state index contributed by atoms with van der Waals surface area (Å²) in [5, 5.41) is 5.97. The lowest BCUT2D eigenvalue weighted by atomic mass is 10.1. The highest BCUT2D eigenvalue weighted by atomic mass is 35.5. The number of anilines is 1. The van der Waals surface area contributed by atoms with E-state index in [0.29, 0.717) is 38.9 Å². The zero-order valence-electron chi connectivity index (χ0n) is 22.3. The maximum atomic E-state index is 13.3. The molecule has 0 saturated carbocycles. The Morgan fingerprint density at radius 2 is 1.54 bits per heavy atom. The molecule has 4 aromatic carbocycles. The number of halogens is 1. The van der Waals surface area contributed by atoms with Crippen LogP contribution >= 0.6 is 23.4 Å². The molecule has 208 valence electrons. The second kappa shape index (κ2) is 14.2. The van der Waals surface area contributed by atoms with Crippen LogP contribution in [0.15, 0.2) is 108 Å². The van der Waals surface area contributed by atoms with E-state index in [0.717, 1.165) is 4.90 Å². The Morgan fingerprint density at radius 3 is 2.27 bits per heavy atom. The van der Waals surface area contributed by atoms with Gasteiger partial charge in [0.2, 0.25) is 0 Å². The zero-order chi connectivity index (χ0) is 29.2. The van der Waals surface area contributed by atoms with Crippen molar-refractivity contribution in [2.24, 2.45) is 0 Å². The van der Waals surface area contributed by atoms with E-state index >= 15 is 0 Å². The molecule has 0 saturated heterocycles. The molecular formula is C32H27ClN2O5S. The monoisotopic (exact) mass is 586 g/mol. The fraction of sp³-hybridized carbons (Fsp3) is 0.0938. The molecule has 0 bridgehead atoms. The number of carbonyl (C=O) groups is 3. The minimum Gasteiger partial charge on any atom is -0.493 e. The van der Waals surface area contributed by atoms with Gasteiger partial charge < -0.3 is 20.1 Å². The number of rotatable bonds is 11. The number of carbonyl (C=O) groups excluding carboxylic acids is 3. The summed E-state index contributed by atoms with van der Waals surface area (Å²) in [6.45, 7) is 0. The van der Waals surface area contributed by atoms with Crippen LogP contribution in [0.1, 0.15) is 26.3 Å². The Morgan fingerprint density at radius 1 is 0.805 bits per heavy atom. The number of methoxy groups -OCH3 is 2. The number of benzene rings is 4. The van der Waals surface area contributed by atoms with Gasteiger partial charge in [0.1, 0.15) is 5.70 Å². The third kappa shape index (κ3) is 8.00. The molecule has 0 fully saturated rings. The SMILES string of the molecule is COc1ccc(C(=O)CSc2cccc(NC(=O)/C(=C/c3ccccc3Cl)NC(=O)c3ccccc3)c2)cc1OC. The summed E-state index contributed by atoms with van der Waals surface area (Å²) >= 11 is 7.65. The van der Waals surface area contributed by atoms with Gasteiger partial charge in [-0.2, -0.15) is 0 Å². The lowest BCUT2D eigenvalue weighted by molar-refractivity contribution is -0.113. The first-order valence-electron chi connectivity index (χ1n) is 12.5. The lowest BCUT2D eigenvalue weighted by Gasteiger charge is -2.12. The van der Waals surface area contributed by atoms with Gasteiger partial charge in [0.05, 0.1) is 20.0 Å². The summed E-state index contributed by atoms with van der Waals surface area (Å²) in [6.07, 6.45) is 1.53.